The third kappa shape index (κ3) is 5.44. The van der Waals surface area contributed by atoms with Crippen LogP contribution in [0.15, 0.2) is 24.3 Å². The maximum Gasteiger partial charge on any atom is 0.573 e. The first-order valence-electron chi connectivity index (χ1n) is 6.91. The fourth-order valence-corrected chi connectivity index (χ4v) is 2.05. The molecule has 1 aromatic carbocycles. The van der Waals surface area contributed by atoms with Gasteiger partial charge in [0.25, 0.3) is 0 Å². The van der Waals surface area contributed by atoms with Gasteiger partial charge in [-0.1, -0.05) is 12.1 Å². The fourth-order valence-electron chi connectivity index (χ4n) is 2.05. The normalized spacial score (nSPS) is 16.0. The lowest BCUT2D eigenvalue weighted by molar-refractivity contribution is -0.274. The van der Waals surface area contributed by atoms with E-state index < -0.39 is 12.5 Å². The van der Waals surface area contributed by atoms with Crippen LogP contribution in [0.25, 0.3) is 0 Å². The third-order valence-electron chi connectivity index (χ3n) is 3.12. The molecule has 1 N–H and O–H groups in total. The van der Waals surface area contributed by atoms with Gasteiger partial charge in [-0.3, -0.25) is 0 Å². The number of carbonyl (C=O) groups excluding carboxylic acids is 1. The number of amides is 1. The highest BCUT2D eigenvalue weighted by molar-refractivity contribution is 5.67. The lowest BCUT2D eigenvalue weighted by Crippen LogP contribution is -2.34. The van der Waals surface area contributed by atoms with Crippen molar-refractivity contribution in [2.45, 2.75) is 19.4 Å². The number of nitrogens with zero attached hydrogens (tertiary/aromatic N) is 1. The number of rotatable bonds is 3. The summed E-state index contributed by atoms with van der Waals surface area (Å²) < 4.78 is 45.0. The Bertz CT molecular complexity index is 483. The first-order valence-corrected chi connectivity index (χ1v) is 6.91. The molecule has 1 aromatic rings. The minimum atomic E-state index is -4.71. The second-order valence-electron chi connectivity index (χ2n) is 4.84. The quantitative estimate of drug-likeness (QED) is 0.930. The van der Waals surface area contributed by atoms with Crippen molar-refractivity contribution in [3.63, 3.8) is 0 Å². The standard InChI is InChI=1S/C14H17F3N2O3/c15-14(16,17)22-12-4-2-11(3-5-12)10-21-13(20)19-8-1-6-18-7-9-19/h2-5,18H,1,6-10H2. The topological polar surface area (TPSA) is 50.8 Å². The van der Waals surface area contributed by atoms with Crippen molar-refractivity contribution in [3.05, 3.63) is 29.8 Å². The van der Waals surface area contributed by atoms with Gasteiger partial charge in [-0.2, -0.15) is 0 Å². The van der Waals surface area contributed by atoms with Crippen molar-refractivity contribution in [2.75, 3.05) is 26.2 Å². The number of hydrogen-bond donors (Lipinski definition) is 1. The summed E-state index contributed by atoms with van der Waals surface area (Å²) in [7, 11) is 0. The molecule has 1 aliphatic heterocycles. The summed E-state index contributed by atoms with van der Waals surface area (Å²) in [5.74, 6) is -0.304. The molecule has 1 aliphatic rings. The molecule has 8 heteroatoms. The van der Waals surface area contributed by atoms with Gasteiger partial charge in [0.15, 0.2) is 0 Å². The van der Waals surface area contributed by atoms with Crippen LogP contribution >= 0.6 is 0 Å². The van der Waals surface area contributed by atoms with Gasteiger partial charge >= 0.3 is 12.5 Å². The van der Waals surface area contributed by atoms with Crippen LogP contribution in [0.4, 0.5) is 18.0 Å². The number of hydrogen-bond acceptors (Lipinski definition) is 4. The molecule has 0 bridgehead atoms. The SMILES string of the molecule is O=C(OCc1ccc(OC(F)(F)F)cc1)N1CCCNCC1. The molecule has 0 aliphatic carbocycles. The summed E-state index contributed by atoms with van der Waals surface area (Å²) in [5.41, 5.74) is 0.593. The molecular formula is C14H17F3N2O3. The average Bonchev–Trinajstić information content (AvgIpc) is 2.74. The molecule has 1 saturated heterocycles. The Morgan fingerprint density at radius 1 is 1.18 bits per heavy atom. The van der Waals surface area contributed by atoms with E-state index >= 15 is 0 Å². The predicted molar refractivity (Wildman–Crippen MR) is 72.4 cm³/mol. The summed E-state index contributed by atoms with van der Waals surface area (Å²) >= 11 is 0. The van der Waals surface area contributed by atoms with Crippen LogP contribution in [0.2, 0.25) is 0 Å². The van der Waals surface area contributed by atoms with Crippen molar-refractivity contribution in [3.8, 4) is 5.75 Å². The van der Waals surface area contributed by atoms with E-state index in [0.717, 1.165) is 19.5 Å². The first-order chi connectivity index (χ1) is 10.4. The van der Waals surface area contributed by atoms with E-state index in [0.29, 0.717) is 18.7 Å². The van der Waals surface area contributed by atoms with Crippen molar-refractivity contribution in [2.24, 2.45) is 0 Å². The van der Waals surface area contributed by atoms with Gasteiger partial charge in [0.2, 0.25) is 0 Å². The highest BCUT2D eigenvalue weighted by Crippen LogP contribution is 2.22. The van der Waals surface area contributed by atoms with E-state index in [4.69, 9.17) is 4.74 Å². The van der Waals surface area contributed by atoms with Crippen LogP contribution in [-0.4, -0.2) is 43.5 Å². The van der Waals surface area contributed by atoms with Gasteiger partial charge < -0.3 is 19.7 Å². The van der Waals surface area contributed by atoms with Crippen LogP contribution < -0.4 is 10.1 Å². The van der Waals surface area contributed by atoms with Gasteiger partial charge in [-0.05, 0) is 30.7 Å². The molecule has 2 rings (SSSR count). The Kier molecular flexibility index (Phi) is 5.48. The van der Waals surface area contributed by atoms with Gasteiger partial charge in [0.05, 0.1) is 0 Å². The van der Waals surface area contributed by atoms with E-state index in [-0.39, 0.29) is 12.4 Å². The molecule has 1 fully saturated rings. The van der Waals surface area contributed by atoms with Crippen molar-refractivity contribution in [1.82, 2.24) is 10.2 Å². The number of alkyl halides is 3. The Hall–Kier alpha value is -1.96. The smallest absolute Gasteiger partial charge is 0.445 e. The third-order valence-corrected chi connectivity index (χ3v) is 3.12. The van der Waals surface area contributed by atoms with Crippen LogP contribution in [0.5, 0.6) is 5.75 Å². The summed E-state index contributed by atoms with van der Waals surface area (Å²) in [6, 6.07) is 5.23. The predicted octanol–water partition coefficient (Wildman–Crippen LogP) is 2.52. The summed E-state index contributed by atoms with van der Waals surface area (Å²) in [6.07, 6.45) is -4.27. The number of benzene rings is 1. The van der Waals surface area contributed by atoms with Crippen LogP contribution in [-0.2, 0) is 11.3 Å². The second-order valence-corrected chi connectivity index (χ2v) is 4.84. The molecule has 0 unspecified atom stereocenters. The second kappa shape index (κ2) is 7.35. The zero-order valence-electron chi connectivity index (χ0n) is 11.9. The average molecular weight is 318 g/mol. The van der Waals surface area contributed by atoms with Crippen LogP contribution in [0.3, 0.4) is 0 Å². The molecule has 0 aromatic heterocycles. The molecule has 0 spiro atoms. The molecular weight excluding hydrogens is 301 g/mol. The molecule has 122 valence electrons. The molecule has 1 amide bonds. The number of halogens is 3. The van der Waals surface area contributed by atoms with E-state index in [1.165, 1.54) is 24.3 Å². The lowest BCUT2D eigenvalue weighted by Gasteiger charge is -2.19. The number of ether oxygens (including phenoxy) is 2. The Balaban J connectivity index is 1.82. The summed E-state index contributed by atoms with van der Waals surface area (Å²) in [4.78, 5) is 13.5. The fraction of sp³-hybridized carbons (Fsp3) is 0.500. The minimum Gasteiger partial charge on any atom is -0.445 e. The van der Waals surface area contributed by atoms with E-state index in [1.54, 1.807) is 4.90 Å². The zero-order valence-corrected chi connectivity index (χ0v) is 11.9. The summed E-state index contributed by atoms with van der Waals surface area (Å²) in [6.45, 7) is 2.81. The van der Waals surface area contributed by atoms with Crippen LogP contribution in [0, 0.1) is 0 Å². The maximum atomic E-state index is 12.0. The Morgan fingerprint density at radius 3 is 2.59 bits per heavy atom. The molecule has 0 radical (unpaired) electrons. The first kappa shape index (κ1) is 16.4. The molecule has 5 nitrogen and oxygen atoms in total. The maximum absolute atomic E-state index is 12.0. The van der Waals surface area contributed by atoms with Gasteiger partial charge in [-0.25, -0.2) is 4.79 Å². The van der Waals surface area contributed by atoms with Gasteiger partial charge in [0.1, 0.15) is 12.4 Å². The molecule has 0 saturated carbocycles. The van der Waals surface area contributed by atoms with E-state index in [2.05, 4.69) is 10.1 Å². The van der Waals surface area contributed by atoms with Crippen molar-refractivity contribution in [1.29, 1.82) is 0 Å². The van der Waals surface area contributed by atoms with Crippen molar-refractivity contribution < 1.29 is 27.4 Å². The Labute approximate surface area is 126 Å². The highest BCUT2D eigenvalue weighted by atomic mass is 19.4. The van der Waals surface area contributed by atoms with Gasteiger partial charge in [-0.15, -0.1) is 13.2 Å². The Morgan fingerprint density at radius 2 is 1.91 bits per heavy atom. The minimum absolute atomic E-state index is 0.00899. The van der Waals surface area contributed by atoms with Crippen LogP contribution in [0.1, 0.15) is 12.0 Å². The lowest BCUT2D eigenvalue weighted by atomic mass is 10.2. The molecule has 1 heterocycles. The van der Waals surface area contributed by atoms with Gasteiger partial charge in [0, 0.05) is 19.6 Å². The van der Waals surface area contributed by atoms with E-state index in [9.17, 15) is 18.0 Å². The monoisotopic (exact) mass is 318 g/mol. The zero-order chi connectivity index (χ0) is 16.0. The molecule has 22 heavy (non-hydrogen) atoms. The largest absolute Gasteiger partial charge is 0.573 e. The number of carbonyl (C=O) groups is 1. The van der Waals surface area contributed by atoms with Crippen molar-refractivity contribution >= 4 is 6.09 Å². The number of nitrogens with one attached hydrogen (secondary N) is 1. The molecule has 0 atom stereocenters. The summed E-state index contributed by atoms with van der Waals surface area (Å²) in [5, 5.41) is 3.18. The van der Waals surface area contributed by atoms with E-state index in [1.807, 2.05) is 0 Å². The highest BCUT2D eigenvalue weighted by Gasteiger charge is 2.30.